The average Bonchev–Trinajstić information content (AvgIpc) is 2.76. The SMILES string of the molecule is ClP(Cc1cccc(Br)c1)(c1ccccc1)(c1ccccc1)c1ccccc1. The molecule has 0 amide bonds. The third-order valence-corrected chi connectivity index (χ3v) is 12.9. The molecule has 0 fully saturated rings. The van der Waals surface area contributed by atoms with Crippen LogP contribution in [0.3, 0.4) is 0 Å². The molecule has 4 aromatic rings. The minimum atomic E-state index is -3.25. The first-order chi connectivity index (χ1) is 13.6. The van der Waals surface area contributed by atoms with E-state index in [4.69, 9.17) is 11.2 Å². The van der Waals surface area contributed by atoms with Gasteiger partial charge < -0.3 is 0 Å². The molecule has 0 N–H and O–H groups in total. The molecule has 0 radical (unpaired) electrons. The van der Waals surface area contributed by atoms with Crippen molar-refractivity contribution in [3.05, 3.63) is 125 Å². The summed E-state index contributed by atoms with van der Waals surface area (Å²) in [6, 6.07) is 40.3. The maximum atomic E-state index is 8.08. The van der Waals surface area contributed by atoms with Crippen molar-refractivity contribution in [3.8, 4) is 0 Å². The number of rotatable bonds is 5. The van der Waals surface area contributed by atoms with Gasteiger partial charge in [0.25, 0.3) is 0 Å². The normalized spacial score (nSPS) is 12.9. The molecule has 4 rings (SSSR count). The van der Waals surface area contributed by atoms with E-state index in [-0.39, 0.29) is 0 Å². The molecule has 0 unspecified atom stereocenters. The van der Waals surface area contributed by atoms with Gasteiger partial charge in [-0.25, -0.2) is 0 Å². The van der Waals surface area contributed by atoms with Gasteiger partial charge in [-0.05, 0) is 0 Å². The summed E-state index contributed by atoms with van der Waals surface area (Å²) < 4.78 is 1.07. The zero-order chi connectivity index (χ0) is 19.5. The van der Waals surface area contributed by atoms with Crippen LogP contribution in [-0.2, 0) is 6.16 Å². The molecule has 0 aliphatic rings. The zero-order valence-electron chi connectivity index (χ0n) is 15.4. The van der Waals surface area contributed by atoms with Crippen molar-refractivity contribution < 1.29 is 0 Å². The fourth-order valence-corrected chi connectivity index (χ4v) is 10.5. The van der Waals surface area contributed by atoms with Crippen LogP contribution in [0, 0.1) is 0 Å². The molecule has 0 aliphatic carbocycles. The van der Waals surface area contributed by atoms with Gasteiger partial charge in [0.05, 0.1) is 0 Å². The Labute approximate surface area is 180 Å². The van der Waals surface area contributed by atoms with E-state index in [1.54, 1.807) is 0 Å². The Morgan fingerprint density at radius 1 is 0.571 bits per heavy atom. The second-order valence-corrected chi connectivity index (χ2v) is 14.4. The molecule has 4 aromatic carbocycles. The third kappa shape index (κ3) is 3.33. The van der Waals surface area contributed by atoms with Crippen molar-refractivity contribution in [2.24, 2.45) is 0 Å². The monoisotopic (exact) mass is 466 g/mol. The van der Waals surface area contributed by atoms with Crippen molar-refractivity contribution in [2.75, 3.05) is 0 Å². The molecule has 28 heavy (non-hydrogen) atoms. The van der Waals surface area contributed by atoms with Gasteiger partial charge >= 0.3 is 180 Å². The van der Waals surface area contributed by atoms with Crippen LogP contribution < -0.4 is 15.9 Å². The first kappa shape index (κ1) is 19.4. The summed E-state index contributed by atoms with van der Waals surface area (Å²) in [6.45, 7) is 0. The van der Waals surface area contributed by atoms with E-state index in [1.165, 1.54) is 21.5 Å². The molecule has 0 nitrogen and oxygen atoms in total. The molecule has 0 heterocycles. The molecule has 0 aromatic heterocycles. The van der Waals surface area contributed by atoms with E-state index in [0.29, 0.717) is 0 Å². The summed E-state index contributed by atoms with van der Waals surface area (Å²) in [4.78, 5) is 0. The second-order valence-electron chi connectivity index (χ2n) is 6.98. The predicted molar refractivity (Wildman–Crippen MR) is 129 cm³/mol. The standard InChI is InChI=1S/C25H21BrClP/c26-22-12-10-11-21(19-22)20-28(27,23-13-4-1-5-14-23,24-15-6-2-7-16-24)25-17-8-3-9-18-25/h1-19H,20H2. The second kappa shape index (κ2) is 7.84. The van der Waals surface area contributed by atoms with Gasteiger partial charge in [-0.3, -0.25) is 0 Å². The Morgan fingerprint density at radius 2 is 1.00 bits per heavy atom. The molecule has 0 atom stereocenters. The molecular weight excluding hydrogens is 447 g/mol. The van der Waals surface area contributed by atoms with E-state index in [1.807, 2.05) is 0 Å². The average molecular weight is 468 g/mol. The molecule has 0 spiro atoms. The molecule has 140 valence electrons. The fraction of sp³-hybridized carbons (Fsp3) is 0.0400. The van der Waals surface area contributed by atoms with Gasteiger partial charge in [0.15, 0.2) is 0 Å². The number of hydrogen-bond donors (Lipinski definition) is 0. The van der Waals surface area contributed by atoms with Gasteiger partial charge in [0.1, 0.15) is 0 Å². The van der Waals surface area contributed by atoms with Crippen LogP contribution in [0.25, 0.3) is 0 Å². The van der Waals surface area contributed by atoms with Gasteiger partial charge in [-0.1, -0.05) is 0 Å². The van der Waals surface area contributed by atoms with E-state index in [0.717, 1.165) is 10.6 Å². The van der Waals surface area contributed by atoms with Crippen molar-refractivity contribution in [3.63, 3.8) is 0 Å². The molecule has 0 saturated carbocycles. The predicted octanol–water partition coefficient (Wildman–Crippen LogP) is 6.63. The van der Waals surface area contributed by atoms with Crippen molar-refractivity contribution in [1.82, 2.24) is 0 Å². The van der Waals surface area contributed by atoms with Crippen LogP contribution in [0.5, 0.6) is 0 Å². The number of hydrogen-bond acceptors (Lipinski definition) is 0. The minimum absolute atomic E-state index is 0.755. The third-order valence-electron chi connectivity index (χ3n) is 5.25. The summed E-state index contributed by atoms with van der Waals surface area (Å²) in [5, 5.41) is 3.56. The van der Waals surface area contributed by atoms with E-state index in [2.05, 4.69) is 131 Å². The number of halogens is 2. The summed E-state index contributed by atoms with van der Waals surface area (Å²) in [7, 11) is 0. The molecular formula is C25H21BrClP. The Kier molecular flexibility index (Phi) is 5.43. The number of benzene rings is 4. The Morgan fingerprint density at radius 3 is 1.39 bits per heavy atom. The summed E-state index contributed by atoms with van der Waals surface area (Å²) in [6.07, 6.45) is 0.755. The Balaban J connectivity index is 2.09. The molecule has 0 saturated heterocycles. The molecule has 0 aliphatic heterocycles. The zero-order valence-corrected chi connectivity index (χ0v) is 18.6. The topological polar surface area (TPSA) is 0 Å². The van der Waals surface area contributed by atoms with E-state index < -0.39 is 5.96 Å². The van der Waals surface area contributed by atoms with Crippen LogP contribution in [0.4, 0.5) is 0 Å². The first-order valence-electron chi connectivity index (χ1n) is 9.25. The van der Waals surface area contributed by atoms with Crippen LogP contribution >= 0.6 is 33.1 Å². The van der Waals surface area contributed by atoms with Crippen LogP contribution in [0.2, 0.25) is 0 Å². The Hall–Kier alpha value is -1.92. The van der Waals surface area contributed by atoms with Crippen molar-refractivity contribution in [2.45, 2.75) is 6.16 Å². The molecule has 0 bridgehead atoms. The van der Waals surface area contributed by atoms with Crippen LogP contribution in [0.1, 0.15) is 5.56 Å². The molecule has 3 heteroatoms. The van der Waals surface area contributed by atoms with Crippen molar-refractivity contribution in [1.29, 1.82) is 0 Å². The quantitative estimate of drug-likeness (QED) is 0.289. The van der Waals surface area contributed by atoms with Crippen LogP contribution in [-0.4, -0.2) is 0 Å². The van der Waals surface area contributed by atoms with E-state index >= 15 is 0 Å². The summed E-state index contributed by atoms with van der Waals surface area (Å²) >= 11 is 11.7. The Bertz CT molecular complexity index is 966. The van der Waals surface area contributed by atoms with E-state index in [9.17, 15) is 0 Å². The summed E-state index contributed by atoms with van der Waals surface area (Å²) in [5.74, 6) is -3.25. The van der Waals surface area contributed by atoms with Crippen molar-refractivity contribution >= 4 is 49.0 Å². The maximum absolute atomic E-state index is 8.08. The van der Waals surface area contributed by atoms with Gasteiger partial charge in [-0.2, -0.15) is 0 Å². The van der Waals surface area contributed by atoms with Gasteiger partial charge in [0, 0.05) is 0 Å². The van der Waals surface area contributed by atoms with Crippen LogP contribution in [0.15, 0.2) is 120 Å². The fourth-order valence-electron chi connectivity index (χ4n) is 3.92. The summed E-state index contributed by atoms with van der Waals surface area (Å²) in [5.41, 5.74) is 1.22. The van der Waals surface area contributed by atoms with Gasteiger partial charge in [0.2, 0.25) is 0 Å². The van der Waals surface area contributed by atoms with Gasteiger partial charge in [-0.15, -0.1) is 0 Å². The first-order valence-corrected chi connectivity index (χ1v) is 13.4.